The quantitative estimate of drug-likeness (QED) is 0.263. The lowest BCUT2D eigenvalue weighted by Gasteiger charge is -2.21. The third kappa shape index (κ3) is 8.57. The van der Waals surface area contributed by atoms with Gasteiger partial charge in [0, 0.05) is 24.7 Å². The van der Waals surface area contributed by atoms with E-state index in [9.17, 15) is 9.59 Å². The molecule has 0 atom stereocenters. The van der Waals surface area contributed by atoms with Crippen molar-refractivity contribution < 1.29 is 19.1 Å². The fourth-order valence-electron chi connectivity index (χ4n) is 3.62. The van der Waals surface area contributed by atoms with Gasteiger partial charge in [0.25, 0.3) is 11.8 Å². The molecule has 2 amide bonds. The average Bonchev–Trinajstić information content (AvgIpc) is 2.79. The van der Waals surface area contributed by atoms with Crippen molar-refractivity contribution in [3.63, 3.8) is 0 Å². The summed E-state index contributed by atoms with van der Waals surface area (Å²) in [4.78, 5) is 32.1. The maximum atomic E-state index is 12.0. The molecule has 2 rings (SSSR count). The monoisotopic (exact) mass is 436 g/mol. The van der Waals surface area contributed by atoms with Crippen molar-refractivity contribution in [1.82, 2.24) is 10.6 Å². The van der Waals surface area contributed by atoms with E-state index in [4.69, 9.17) is 21.1 Å². The Bertz CT molecular complexity index is 697. The number of unbranched alkanes of at least 4 members (excludes halogenated alkanes) is 1. The van der Waals surface area contributed by atoms with Crippen LogP contribution in [-0.2, 0) is 14.4 Å². The zero-order chi connectivity index (χ0) is 22.4. The Morgan fingerprint density at radius 1 is 1.10 bits per heavy atom. The van der Waals surface area contributed by atoms with E-state index >= 15 is 0 Å². The van der Waals surface area contributed by atoms with Crippen LogP contribution in [0.3, 0.4) is 0 Å². The fourth-order valence-corrected chi connectivity index (χ4v) is 3.80. The molecular weight excluding hydrogens is 404 g/mol. The number of carbonyl (C=O) groups excluding carboxylic acids is 3. The van der Waals surface area contributed by atoms with Crippen molar-refractivity contribution in [3.8, 4) is 5.75 Å². The molecule has 0 saturated heterocycles. The van der Waals surface area contributed by atoms with Gasteiger partial charge in [-0.25, -0.2) is 0 Å². The Labute approximate surface area is 184 Å². The van der Waals surface area contributed by atoms with Crippen molar-refractivity contribution in [3.05, 3.63) is 34.4 Å². The first-order valence-electron chi connectivity index (χ1n) is 10.4. The minimum Gasteiger partial charge on any atom is -0.493 e. The van der Waals surface area contributed by atoms with E-state index in [1.165, 1.54) is 58.7 Å². The molecule has 1 aliphatic carbocycles. The standard InChI is InChI=1S/C22H31ClN2O3.CH2O/c1-24-21(26)19(22(27)25-2)15-17-14-18(23)11-12-20(17)28-13-7-6-10-16-8-4-3-5-9-16;1-2/h11-12,14-16H,3-10,13H2,1-2H3,(H,24,26)(H,25,27);1H2. The van der Waals surface area contributed by atoms with E-state index in [0.717, 1.165) is 18.8 Å². The number of amides is 2. The van der Waals surface area contributed by atoms with Crippen LogP contribution in [0.5, 0.6) is 5.75 Å². The van der Waals surface area contributed by atoms with Gasteiger partial charge in [-0.15, -0.1) is 0 Å². The van der Waals surface area contributed by atoms with E-state index in [1.807, 2.05) is 6.79 Å². The highest BCUT2D eigenvalue weighted by Crippen LogP contribution is 2.28. The van der Waals surface area contributed by atoms with E-state index in [2.05, 4.69) is 10.6 Å². The van der Waals surface area contributed by atoms with Crippen molar-refractivity contribution in [2.24, 2.45) is 5.92 Å². The summed E-state index contributed by atoms with van der Waals surface area (Å²) in [5, 5.41) is 5.49. The minimum atomic E-state index is -0.460. The van der Waals surface area contributed by atoms with Gasteiger partial charge in [-0.2, -0.15) is 0 Å². The Morgan fingerprint density at radius 2 is 1.73 bits per heavy atom. The third-order valence-corrected chi connectivity index (χ3v) is 5.44. The van der Waals surface area contributed by atoms with Crippen LogP contribution in [0.2, 0.25) is 5.02 Å². The number of rotatable bonds is 9. The first kappa shape index (κ1) is 25.7. The predicted molar refractivity (Wildman–Crippen MR) is 121 cm³/mol. The second kappa shape index (κ2) is 14.6. The van der Waals surface area contributed by atoms with Gasteiger partial charge in [-0.05, 0) is 43.0 Å². The molecule has 0 heterocycles. The highest BCUT2D eigenvalue weighted by Gasteiger charge is 2.17. The zero-order valence-electron chi connectivity index (χ0n) is 18.0. The summed E-state index contributed by atoms with van der Waals surface area (Å²) in [5.74, 6) is 0.577. The van der Waals surface area contributed by atoms with E-state index in [0.29, 0.717) is 22.9 Å². The SMILES string of the molecule is C=O.CNC(=O)C(=Cc1cc(Cl)ccc1OCCCCC1CCCCC1)C(=O)NC. The van der Waals surface area contributed by atoms with Crippen LogP contribution in [0.4, 0.5) is 0 Å². The van der Waals surface area contributed by atoms with Crippen molar-refractivity contribution in [1.29, 1.82) is 0 Å². The Kier molecular flexibility index (Phi) is 12.5. The van der Waals surface area contributed by atoms with Gasteiger partial charge in [0.15, 0.2) is 0 Å². The van der Waals surface area contributed by atoms with E-state index in [-0.39, 0.29) is 5.57 Å². The number of ether oxygens (including phenoxy) is 1. The molecule has 1 aromatic carbocycles. The van der Waals surface area contributed by atoms with E-state index < -0.39 is 11.8 Å². The molecule has 0 aromatic heterocycles. The molecular formula is C23H33ClN2O4. The van der Waals surface area contributed by atoms with Crippen molar-refractivity contribution in [2.45, 2.75) is 51.4 Å². The number of halogens is 1. The van der Waals surface area contributed by atoms with Gasteiger partial charge in [0.1, 0.15) is 18.1 Å². The molecule has 0 unspecified atom stereocenters. The number of hydrogen-bond acceptors (Lipinski definition) is 4. The van der Waals surface area contributed by atoms with Gasteiger partial charge in [0.2, 0.25) is 0 Å². The summed E-state index contributed by atoms with van der Waals surface area (Å²) < 4.78 is 5.94. The second-order valence-electron chi connectivity index (χ2n) is 7.25. The first-order chi connectivity index (χ1) is 14.5. The molecule has 1 saturated carbocycles. The molecule has 30 heavy (non-hydrogen) atoms. The fraction of sp³-hybridized carbons (Fsp3) is 0.522. The Morgan fingerprint density at radius 3 is 2.33 bits per heavy atom. The molecule has 7 heteroatoms. The zero-order valence-corrected chi connectivity index (χ0v) is 18.7. The molecule has 0 radical (unpaired) electrons. The highest BCUT2D eigenvalue weighted by atomic mass is 35.5. The smallest absolute Gasteiger partial charge is 0.256 e. The molecule has 1 aromatic rings. The summed E-state index contributed by atoms with van der Waals surface area (Å²) in [6.45, 7) is 2.60. The van der Waals surface area contributed by atoms with Gasteiger partial charge in [-0.1, -0.05) is 50.1 Å². The van der Waals surface area contributed by atoms with Crippen LogP contribution < -0.4 is 15.4 Å². The van der Waals surface area contributed by atoms with Gasteiger partial charge < -0.3 is 20.2 Å². The molecule has 2 N–H and O–H groups in total. The summed E-state index contributed by atoms with van der Waals surface area (Å²) in [6, 6.07) is 5.22. The lowest BCUT2D eigenvalue weighted by Crippen LogP contribution is -2.31. The van der Waals surface area contributed by atoms with Crippen LogP contribution in [0.1, 0.15) is 56.9 Å². The van der Waals surface area contributed by atoms with Gasteiger partial charge in [0.05, 0.1) is 6.61 Å². The number of hydrogen-bond donors (Lipinski definition) is 2. The first-order valence-corrected chi connectivity index (χ1v) is 10.8. The molecule has 1 fully saturated rings. The van der Waals surface area contributed by atoms with Crippen molar-refractivity contribution >= 4 is 36.3 Å². The summed E-state index contributed by atoms with van der Waals surface area (Å²) in [5.41, 5.74) is 0.622. The molecule has 166 valence electrons. The number of nitrogens with one attached hydrogen (secondary N) is 2. The lowest BCUT2D eigenvalue weighted by molar-refractivity contribution is -0.123. The second-order valence-corrected chi connectivity index (χ2v) is 7.68. The normalized spacial score (nSPS) is 13.4. The number of likely N-dealkylation sites (N-methyl/N-ethyl adjacent to an activating group) is 2. The minimum absolute atomic E-state index is 0.00872. The molecule has 1 aliphatic rings. The lowest BCUT2D eigenvalue weighted by atomic mass is 9.86. The molecule has 0 bridgehead atoms. The summed E-state index contributed by atoms with van der Waals surface area (Å²) in [7, 11) is 2.97. The van der Waals surface area contributed by atoms with Gasteiger partial charge in [-0.3, -0.25) is 9.59 Å². The van der Waals surface area contributed by atoms with Crippen LogP contribution in [0.25, 0.3) is 6.08 Å². The summed E-state index contributed by atoms with van der Waals surface area (Å²) >= 11 is 6.11. The molecule has 6 nitrogen and oxygen atoms in total. The van der Waals surface area contributed by atoms with E-state index in [1.54, 1.807) is 18.2 Å². The maximum absolute atomic E-state index is 12.0. The molecule has 0 aliphatic heterocycles. The average molecular weight is 437 g/mol. The summed E-state index contributed by atoms with van der Waals surface area (Å²) in [6.07, 6.45) is 11.8. The third-order valence-electron chi connectivity index (χ3n) is 5.20. The van der Waals surface area contributed by atoms with Crippen LogP contribution in [0.15, 0.2) is 23.8 Å². The Hall–Kier alpha value is -2.34. The van der Waals surface area contributed by atoms with Gasteiger partial charge >= 0.3 is 0 Å². The predicted octanol–water partition coefficient (Wildman–Crippen LogP) is 4.16. The van der Waals surface area contributed by atoms with Crippen molar-refractivity contribution in [2.75, 3.05) is 20.7 Å². The highest BCUT2D eigenvalue weighted by molar-refractivity contribution is 6.31. The van der Waals surface area contributed by atoms with Crippen LogP contribution in [0, 0.1) is 5.92 Å². The van der Waals surface area contributed by atoms with Crippen LogP contribution in [-0.4, -0.2) is 39.3 Å². The number of carbonyl (C=O) groups is 3. The maximum Gasteiger partial charge on any atom is 0.256 e. The van der Waals surface area contributed by atoms with Crippen LogP contribution >= 0.6 is 11.6 Å². The number of benzene rings is 1. The topological polar surface area (TPSA) is 84.5 Å². The Balaban J connectivity index is 0.00000218. The molecule has 0 spiro atoms. The largest absolute Gasteiger partial charge is 0.493 e.